The summed E-state index contributed by atoms with van der Waals surface area (Å²) in [5.74, 6) is 0. The second kappa shape index (κ2) is 4.83. The van der Waals surface area contributed by atoms with Gasteiger partial charge in [0.2, 0.25) is 0 Å². The Morgan fingerprint density at radius 1 is 1.33 bits per heavy atom. The van der Waals surface area contributed by atoms with Crippen molar-refractivity contribution >= 4 is 15.9 Å². The van der Waals surface area contributed by atoms with Crippen LogP contribution in [0.1, 0.15) is 12.1 Å². The van der Waals surface area contributed by atoms with Crippen LogP contribution in [0.2, 0.25) is 0 Å². The summed E-state index contributed by atoms with van der Waals surface area (Å²) in [4.78, 5) is 11.2. The largest absolute Gasteiger partial charge is 0.431 e. The predicted octanol–water partition coefficient (Wildman–Crippen LogP) is 2.65. The molecule has 84 valence electrons. The van der Waals surface area contributed by atoms with E-state index in [1.54, 1.807) is 0 Å². The zero-order valence-electron chi connectivity index (χ0n) is 7.72. The third-order valence-corrected chi connectivity index (χ3v) is 2.42. The molecule has 0 amide bonds. The molecular weight excluding hydrogens is 275 g/mol. The van der Waals surface area contributed by atoms with Gasteiger partial charge >= 0.3 is 6.18 Å². The first-order chi connectivity index (χ1) is 6.96. The highest BCUT2D eigenvalue weighted by molar-refractivity contribution is 9.09. The standard InChI is InChI=1S/C9H9BrF3NO/c10-5-2-6-14-7(9(11,12)13)3-1-4-8(14)15/h1,3-4H,2,5-6H2. The molecule has 0 unspecified atom stereocenters. The molecule has 1 heterocycles. The molecule has 2 nitrogen and oxygen atoms in total. The number of hydrogen-bond acceptors (Lipinski definition) is 1. The average Bonchev–Trinajstić information content (AvgIpc) is 2.14. The molecule has 0 aromatic carbocycles. The molecular formula is C9H9BrF3NO. The van der Waals surface area contributed by atoms with Gasteiger partial charge in [0.05, 0.1) is 0 Å². The molecule has 0 atom stereocenters. The lowest BCUT2D eigenvalue weighted by molar-refractivity contribution is -0.144. The van der Waals surface area contributed by atoms with Gasteiger partial charge in [0.1, 0.15) is 5.69 Å². The molecule has 1 aromatic heterocycles. The summed E-state index contributed by atoms with van der Waals surface area (Å²) in [6.07, 6.45) is -4.00. The molecule has 0 saturated heterocycles. The van der Waals surface area contributed by atoms with E-state index in [9.17, 15) is 18.0 Å². The molecule has 0 aliphatic carbocycles. The molecule has 1 rings (SSSR count). The molecule has 0 saturated carbocycles. The topological polar surface area (TPSA) is 22.0 Å². The number of alkyl halides is 4. The zero-order valence-corrected chi connectivity index (χ0v) is 9.31. The van der Waals surface area contributed by atoms with Crippen LogP contribution < -0.4 is 5.56 Å². The summed E-state index contributed by atoms with van der Waals surface area (Å²) in [5.41, 5.74) is -1.51. The monoisotopic (exact) mass is 283 g/mol. The number of aromatic nitrogens is 1. The first kappa shape index (κ1) is 12.3. The van der Waals surface area contributed by atoms with Gasteiger partial charge in [-0.25, -0.2) is 0 Å². The Balaban J connectivity index is 3.15. The van der Waals surface area contributed by atoms with Crippen LogP contribution in [0, 0.1) is 0 Å². The quantitative estimate of drug-likeness (QED) is 0.782. The first-order valence-corrected chi connectivity index (χ1v) is 5.42. The predicted molar refractivity (Wildman–Crippen MR) is 54.1 cm³/mol. The Morgan fingerprint density at radius 2 is 2.00 bits per heavy atom. The van der Waals surface area contributed by atoms with Crippen LogP contribution in [-0.4, -0.2) is 9.90 Å². The van der Waals surface area contributed by atoms with Gasteiger partial charge in [0.25, 0.3) is 5.56 Å². The summed E-state index contributed by atoms with van der Waals surface area (Å²) in [7, 11) is 0. The number of rotatable bonds is 3. The Labute approximate surface area is 92.8 Å². The van der Waals surface area contributed by atoms with E-state index in [4.69, 9.17) is 0 Å². The van der Waals surface area contributed by atoms with Gasteiger partial charge in [-0.15, -0.1) is 0 Å². The van der Waals surface area contributed by atoms with E-state index in [1.807, 2.05) is 0 Å². The minimum Gasteiger partial charge on any atom is -0.304 e. The summed E-state index contributed by atoms with van der Waals surface area (Å²) < 4.78 is 38.2. The summed E-state index contributed by atoms with van der Waals surface area (Å²) in [5, 5.41) is 0.561. The normalized spacial score (nSPS) is 11.7. The van der Waals surface area contributed by atoms with Crippen molar-refractivity contribution in [3.63, 3.8) is 0 Å². The Kier molecular flexibility index (Phi) is 3.96. The lowest BCUT2D eigenvalue weighted by atomic mass is 10.3. The van der Waals surface area contributed by atoms with Gasteiger partial charge < -0.3 is 4.57 Å². The molecule has 0 spiro atoms. The van der Waals surface area contributed by atoms with Gasteiger partial charge in [-0.3, -0.25) is 4.79 Å². The van der Waals surface area contributed by atoms with Crippen LogP contribution in [0.15, 0.2) is 23.0 Å². The fourth-order valence-electron chi connectivity index (χ4n) is 1.22. The van der Waals surface area contributed by atoms with Crippen LogP contribution >= 0.6 is 15.9 Å². The number of pyridine rings is 1. The SMILES string of the molecule is O=c1cccc(C(F)(F)F)n1CCCBr. The van der Waals surface area contributed by atoms with Crippen molar-refractivity contribution in [1.82, 2.24) is 4.57 Å². The Morgan fingerprint density at radius 3 is 2.53 bits per heavy atom. The fraction of sp³-hybridized carbons (Fsp3) is 0.444. The molecule has 6 heteroatoms. The van der Waals surface area contributed by atoms with Gasteiger partial charge in [-0.2, -0.15) is 13.2 Å². The van der Waals surface area contributed by atoms with Crippen LogP contribution in [0.5, 0.6) is 0 Å². The van der Waals surface area contributed by atoms with Gasteiger partial charge in [-0.05, 0) is 12.5 Å². The third-order valence-electron chi connectivity index (χ3n) is 1.86. The second-order valence-electron chi connectivity index (χ2n) is 2.94. The van der Waals surface area contributed by atoms with Crippen molar-refractivity contribution in [3.05, 3.63) is 34.2 Å². The summed E-state index contributed by atoms with van der Waals surface area (Å²) >= 11 is 3.11. The molecule has 0 fully saturated rings. The van der Waals surface area contributed by atoms with E-state index in [1.165, 1.54) is 0 Å². The summed E-state index contributed by atoms with van der Waals surface area (Å²) in [6.45, 7) is 0.0692. The average molecular weight is 284 g/mol. The van der Waals surface area contributed by atoms with Gasteiger partial charge in [0.15, 0.2) is 0 Å². The van der Waals surface area contributed by atoms with Crippen LogP contribution in [-0.2, 0) is 12.7 Å². The van der Waals surface area contributed by atoms with Crippen LogP contribution in [0.4, 0.5) is 13.2 Å². The van der Waals surface area contributed by atoms with E-state index < -0.39 is 17.4 Å². The van der Waals surface area contributed by atoms with E-state index in [-0.39, 0.29) is 6.54 Å². The van der Waals surface area contributed by atoms with Crippen molar-refractivity contribution in [3.8, 4) is 0 Å². The van der Waals surface area contributed by atoms with E-state index in [0.29, 0.717) is 11.8 Å². The molecule has 0 N–H and O–H groups in total. The second-order valence-corrected chi connectivity index (χ2v) is 3.73. The number of nitrogens with zero attached hydrogens (tertiary/aromatic N) is 1. The lowest BCUT2D eigenvalue weighted by Gasteiger charge is -2.14. The van der Waals surface area contributed by atoms with Crippen molar-refractivity contribution in [2.45, 2.75) is 19.1 Å². The maximum atomic E-state index is 12.5. The highest BCUT2D eigenvalue weighted by Crippen LogP contribution is 2.28. The third kappa shape index (κ3) is 3.09. The van der Waals surface area contributed by atoms with Crippen LogP contribution in [0.3, 0.4) is 0 Å². The minimum absolute atomic E-state index is 0.0692. The minimum atomic E-state index is -4.48. The Hall–Kier alpha value is -0.780. The highest BCUT2D eigenvalue weighted by Gasteiger charge is 2.33. The van der Waals surface area contributed by atoms with Gasteiger partial charge in [0, 0.05) is 17.9 Å². The number of hydrogen-bond donors (Lipinski definition) is 0. The molecule has 0 aliphatic rings. The molecule has 15 heavy (non-hydrogen) atoms. The first-order valence-electron chi connectivity index (χ1n) is 4.30. The molecule has 0 radical (unpaired) electrons. The maximum Gasteiger partial charge on any atom is 0.431 e. The van der Waals surface area contributed by atoms with Crippen molar-refractivity contribution in [1.29, 1.82) is 0 Å². The van der Waals surface area contributed by atoms with Crippen molar-refractivity contribution in [2.75, 3.05) is 5.33 Å². The molecule has 1 aromatic rings. The lowest BCUT2D eigenvalue weighted by Crippen LogP contribution is -2.27. The fourth-order valence-corrected chi connectivity index (χ4v) is 1.47. The van der Waals surface area contributed by atoms with E-state index in [0.717, 1.165) is 22.8 Å². The van der Waals surface area contributed by atoms with Crippen molar-refractivity contribution in [2.24, 2.45) is 0 Å². The molecule has 0 aliphatic heterocycles. The number of halogens is 4. The smallest absolute Gasteiger partial charge is 0.304 e. The van der Waals surface area contributed by atoms with Crippen molar-refractivity contribution < 1.29 is 13.2 Å². The van der Waals surface area contributed by atoms with Crippen LogP contribution in [0.25, 0.3) is 0 Å². The molecule has 0 bridgehead atoms. The Bertz CT molecular complexity index is 386. The zero-order chi connectivity index (χ0) is 11.5. The van der Waals surface area contributed by atoms with E-state index in [2.05, 4.69) is 15.9 Å². The summed E-state index contributed by atoms with van der Waals surface area (Å²) in [6, 6.07) is 3.16. The van der Waals surface area contributed by atoms with E-state index >= 15 is 0 Å². The van der Waals surface area contributed by atoms with Gasteiger partial charge in [-0.1, -0.05) is 22.0 Å². The highest BCUT2D eigenvalue weighted by atomic mass is 79.9. The maximum absolute atomic E-state index is 12.5.